The lowest BCUT2D eigenvalue weighted by Crippen LogP contribution is -2.36. The molecule has 128 valence electrons. The van der Waals surface area contributed by atoms with Gasteiger partial charge in [-0.15, -0.1) is 0 Å². The van der Waals surface area contributed by atoms with E-state index >= 15 is 0 Å². The first kappa shape index (κ1) is 16.3. The molecule has 0 bridgehead atoms. The monoisotopic (exact) mass is 323 g/mol. The minimum absolute atomic E-state index is 0.0163. The SMILES string of the molecule is COc1cc(CN2CCC(C[C@H]3OCC[C@H]3C(N)=O)CC2)on1. The third-order valence-corrected chi connectivity index (χ3v) is 4.97. The third-order valence-electron chi connectivity index (χ3n) is 4.97. The fraction of sp³-hybridized carbons (Fsp3) is 0.750. The molecule has 23 heavy (non-hydrogen) atoms. The van der Waals surface area contributed by atoms with Gasteiger partial charge in [-0.1, -0.05) is 0 Å². The van der Waals surface area contributed by atoms with E-state index in [0.717, 1.165) is 51.1 Å². The summed E-state index contributed by atoms with van der Waals surface area (Å²) in [7, 11) is 1.58. The van der Waals surface area contributed by atoms with Gasteiger partial charge in [-0.2, -0.15) is 0 Å². The van der Waals surface area contributed by atoms with Gasteiger partial charge in [0.25, 0.3) is 5.88 Å². The summed E-state index contributed by atoms with van der Waals surface area (Å²) in [5.74, 6) is 1.62. The lowest BCUT2D eigenvalue weighted by atomic mass is 9.86. The second-order valence-electron chi connectivity index (χ2n) is 6.50. The van der Waals surface area contributed by atoms with E-state index in [9.17, 15) is 4.79 Å². The van der Waals surface area contributed by atoms with Gasteiger partial charge in [-0.3, -0.25) is 9.69 Å². The lowest BCUT2D eigenvalue weighted by Gasteiger charge is -2.32. The number of ether oxygens (including phenoxy) is 2. The van der Waals surface area contributed by atoms with E-state index < -0.39 is 0 Å². The molecule has 2 N–H and O–H groups in total. The Balaban J connectivity index is 1.44. The third kappa shape index (κ3) is 4.03. The Morgan fingerprint density at radius 3 is 2.87 bits per heavy atom. The van der Waals surface area contributed by atoms with Gasteiger partial charge in [0.2, 0.25) is 5.91 Å². The summed E-state index contributed by atoms with van der Waals surface area (Å²) in [6.07, 6.45) is 3.94. The second-order valence-corrected chi connectivity index (χ2v) is 6.50. The minimum atomic E-state index is -0.218. The van der Waals surface area contributed by atoms with Crippen LogP contribution in [0.15, 0.2) is 10.6 Å². The number of amides is 1. The predicted octanol–water partition coefficient (Wildman–Crippen LogP) is 1.18. The van der Waals surface area contributed by atoms with Crippen LogP contribution in [0.4, 0.5) is 0 Å². The van der Waals surface area contributed by atoms with E-state index in [2.05, 4.69) is 10.1 Å². The van der Waals surface area contributed by atoms with Crippen molar-refractivity contribution in [3.63, 3.8) is 0 Å². The van der Waals surface area contributed by atoms with Gasteiger partial charge in [-0.25, -0.2) is 0 Å². The van der Waals surface area contributed by atoms with Crippen molar-refractivity contribution in [1.82, 2.24) is 10.1 Å². The zero-order valence-electron chi connectivity index (χ0n) is 13.6. The van der Waals surface area contributed by atoms with Crippen LogP contribution in [0.2, 0.25) is 0 Å². The van der Waals surface area contributed by atoms with Gasteiger partial charge in [0.05, 0.1) is 25.7 Å². The Bertz CT molecular complexity index is 525. The summed E-state index contributed by atoms with van der Waals surface area (Å²) >= 11 is 0. The van der Waals surface area contributed by atoms with Gasteiger partial charge in [0, 0.05) is 12.7 Å². The molecule has 3 heterocycles. The van der Waals surface area contributed by atoms with Crippen LogP contribution in [0, 0.1) is 11.8 Å². The first-order valence-corrected chi connectivity index (χ1v) is 8.28. The summed E-state index contributed by atoms with van der Waals surface area (Å²) in [5.41, 5.74) is 5.46. The molecular formula is C16H25N3O4. The summed E-state index contributed by atoms with van der Waals surface area (Å²) in [4.78, 5) is 13.8. The molecule has 2 fully saturated rings. The smallest absolute Gasteiger partial charge is 0.254 e. The molecular weight excluding hydrogens is 298 g/mol. The molecule has 2 aliphatic heterocycles. The number of nitrogens with two attached hydrogens (primary N) is 1. The number of methoxy groups -OCH3 is 1. The first-order chi connectivity index (χ1) is 11.2. The van der Waals surface area contributed by atoms with Crippen molar-refractivity contribution in [1.29, 1.82) is 0 Å². The normalized spacial score (nSPS) is 26.5. The van der Waals surface area contributed by atoms with Crippen LogP contribution >= 0.6 is 0 Å². The van der Waals surface area contributed by atoms with Crippen LogP contribution in [0.5, 0.6) is 5.88 Å². The number of aromatic nitrogens is 1. The molecule has 3 rings (SSSR count). The molecule has 7 heteroatoms. The van der Waals surface area contributed by atoms with Crippen molar-refractivity contribution in [2.45, 2.75) is 38.3 Å². The van der Waals surface area contributed by atoms with Crippen LogP contribution in [-0.2, 0) is 16.1 Å². The maximum Gasteiger partial charge on any atom is 0.254 e. The second kappa shape index (κ2) is 7.31. The van der Waals surface area contributed by atoms with E-state index in [0.29, 0.717) is 18.4 Å². The zero-order chi connectivity index (χ0) is 16.2. The molecule has 0 spiro atoms. The number of hydrogen-bond acceptors (Lipinski definition) is 6. The molecule has 0 aliphatic carbocycles. The topological polar surface area (TPSA) is 90.8 Å². The summed E-state index contributed by atoms with van der Waals surface area (Å²) in [6.45, 7) is 3.45. The molecule has 1 aromatic rings. The highest BCUT2D eigenvalue weighted by Gasteiger charge is 2.35. The van der Waals surface area contributed by atoms with E-state index in [4.69, 9.17) is 19.7 Å². The molecule has 2 atom stereocenters. The fourth-order valence-electron chi connectivity index (χ4n) is 3.60. The number of carbonyl (C=O) groups excluding carboxylic acids is 1. The first-order valence-electron chi connectivity index (χ1n) is 8.28. The highest BCUT2D eigenvalue weighted by Crippen LogP contribution is 2.31. The van der Waals surface area contributed by atoms with E-state index in [1.54, 1.807) is 7.11 Å². The predicted molar refractivity (Wildman–Crippen MR) is 82.7 cm³/mol. The number of carbonyl (C=O) groups is 1. The standard InChI is InChI=1S/C16H25N3O4/c1-21-15-9-12(23-18-15)10-19-5-2-11(3-6-19)8-14-13(16(17)20)4-7-22-14/h9,11,13-14H,2-8,10H2,1H3,(H2,17,20)/t13-,14-/m1/s1. The maximum atomic E-state index is 11.4. The quantitative estimate of drug-likeness (QED) is 0.845. The average Bonchev–Trinajstić information content (AvgIpc) is 3.18. The van der Waals surface area contributed by atoms with Gasteiger partial charge < -0.3 is 19.7 Å². The Hall–Kier alpha value is -1.60. The van der Waals surface area contributed by atoms with E-state index in [1.807, 2.05) is 6.07 Å². The van der Waals surface area contributed by atoms with Gasteiger partial charge in [0.15, 0.2) is 5.76 Å². The van der Waals surface area contributed by atoms with Crippen molar-refractivity contribution in [2.24, 2.45) is 17.6 Å². The maximum absolute atomic E-state index is 11.4. The molecule has 0 saturated carbocycles. The van der Waals surface area contributed by atoms with Gasteiger partial charge in [0.1, 0.15) is 0 Å². The number of primary amides is 1. The molecule has 2 aliphatic rings. The van der Waals surface area contributed by atoms with Crippen LogP contribution in [0.25, 0.3) is 0 Å². The number of piperidine rings is 1. The zero-order valence-corrected chi connectivity index (χ0v) is 13.6. The Morgan fingerprint density at radius 1 is 1.43 bits per heavy atom. The fourth-order valence-corrected chi connectivity index (χ4v) is 3.60. The van der Waals surface area contributed by atoms with Crippen molar-refractivity contribution < 1.29 is 18.8 Å². The van der Waals surface area contributed by atoms with Crippen LogP contribution in [0.3, 0.4) is 0 Å². The molecule has 0 unspecified atom stereocenters. The number of likely N-dealkylation sites (tertiary alicyclic amines) is 1. The van der Waals surface area contributed by atoms with Crippen molar-refractivity contribution in [2.75, 3.05) is 26.8 Å². The van der Waals surface area contributed by atoms with Crippen LogP contribution in [0.1, 0.15) is 31.4 Å². The van der Waals surface area contributed by atoms with Crippen LogP contribution < -0.4 is 10.5 Å². The molecule has 0 aromatic carbocycles. The Labute approximate surface area is 136 Å². The molecule has 7 nitrogen and oxygen atoms in total. The lowest BCUT2D eigenvalue weighted by molar-refractivity contribution is -0.123. The minimum Gasteiger partial charge on any atom is -0.479 e. The number of hydrogen-bond donors (Lipinski definition) is 1. The summed E-state index contributed by atoms with van der Waals surface area (Å²) in [6, 6.07) is 1.83. The van der Waals surface area contributed by atoms with Gasteiger partial charge >= 0.3 is 0 Å². The summed E-state index contributed by atoms with van der Waals surface area (Å²) < 4.78 is 16.0. The van der Waals surface area contributed by atoms with Crippen LogP contribution in [-0.4, -0.2) is 48.9 Å². The summed E-state index contributed by atoms with van der Waals surface area (Å²) in [5, 5.41) is 3.82. The molecule has 2 saturated heterocycles. The van der Waals surface area contributed by atoms with Gasteiger partial charge in [-0.05, 0) is 49.8 Å². The van der Waals surface area contributed by atoms with Crippen molar-refractivity contribution in [3.05, 3.63) is 11.8 Å². The molecule has 1 amide bonds. The number of nitrogens with zero attached hydrogens (tertiary/aromatic N) is 2. The van der Waals surface area contributed by atoms with E-state index in [1.165, 1.54) is 0 Å². The van der Waals surface area contributed by atoms with Crippen molar-refractivity contribution in [3.8, 4) is 5.88 Å². The highest BCUT2D eigenvalue weighted by molar-refractivity contribution is 5.77. The van der Waals surface area contributed by atoms with E-state index in [-0.39, 0.29) is 17.9 Å². The van der Waals surface area contributed by atoms with Crippen molar-refractivity contribution >= 4 is 5.91 Å². The average molecular weight is 323 g/mol. The molecule has 1 aromatic heterocycles. The largest absolute Gasteiger partial charge is 0.479 e. The number of rotatable bonds is 6. The Kier molecular flexibility index (Phi) is 5.17. The Morgan fingerprint density at radius 2 is 2.22 bits per heavy atom. The molecule has 0 radical (unpaired) electrons. The highest BCUT2D eigenvalue weighted by atomic mass is 16.5.